The quantitative estimate of drug-likeness (QED) is 0.757. The molecule has 0 aliphatic carbocycles. The fourth-order valence-corrected chi connectivity index (χ4v) is 2.60. The van der Waals surface area contributed by atoms with Crippen molar-refractivity contribution in [3.63, 3.8) is 0 Å². The van der Waals surface area contributed by atoms with Crippen molar-refractivity contribution in [2.75, 3.05) is 19.7 Å². The first kappa shape index (κ1) is 11.5. The van der Waals surface area contributed by atoms with Gasteiger partial charge >= 0.3 is 0 Å². The maximum Gasteiger partial charge on any atom is 0.277 e. The molecule has 0 spiro atoms. The highest BCUT2D eigenvalue weighted by atomic mass is 19.1. The lowest BCUT2D eigenvalue weighted by atomic mass is 10.00. The van der Waals surface area contributed by atoms with Gasteiger partial charge in [-0.05, 0) is 18.8 Å². The van der Waals surface area contributed by atoms with Crippen LogP contribution in [0, 0.1) is 11.7 Å². The van der Waals surface area contributed by atoms with Gasteiger partial charge in [0.25, 0.3) is 5.91 Å². The SMILES string of the molecule is CC1CCCN(C(=O)c2nn3c(c2F)OCC3)C1. The second-order valence-corrected chi connectivity index (χ2v) is 5.04. The van der Waals surface area contributed by atoms with Gasteiger partial charge in [0.15, 0.2) is 5.69 Å². The minimum atomic E-state index is -0.615. The molecule has 2 aliphatic heterocycles. The monoisotopic (exact) mass is 253 g/mol. The standard InChI is InChI=1S/C12H16FN3O2/c1-8-3-2-4-15(7-8)11(17)10-9(13)12-16(14-10)5-6-18-12/h8H,2-7H2,1H3. The lowest BCUT2D eigenvalue weighted by molar-refractivity contribution is 0.0670. The minimum absolute atomic E-state index is 0.0983. The summed E-state index contributed by atoms with van der Waals surface area (Å²) < 4.78 is 20.5. The van der Waals surface area contributed by atoms with E-state index in [0.717, 1.165) is 12.8 Å². The van der Waals surface area contributed by atoms with E-state index in [1.807, 2.05) is 0 Å². The van der Waals surface area contributed by atoms with E-state index < -0.39 is 5.82 Å². The molecule has 0 radical (unpaired) electrons. The summed E-state index contributed by atoms with van der Waals surface area (Å²) in [6.07, 6.45) is 2.09. The molecule has 1 fully saturated rings. The number of likely N-dealkylation sites (tertiary alicyclic amines) is 1. The zero-order chi connectivity index (χ0) is 12.7. The van der Waals surface area contributed by atoms with Gasteiger partial charge in [-0.1, -0.05) is 6.92 Å². The van der Waals surface area contributed by atoms with Crippen LogP contribution in [0.5, 0.6) is 5.88 Å². The average Bonchev–Trinajstić information content (AvgIpc) is 2.92. The zero-order valence-electron chi connectivity index (χ0n) is 10.4. The maximum absolute atomic E-state index is 14.0. The molecule has 1 saturated heterocycles. The summed E-state index contributed by atoms with van der Waals surface area (Å²) in [6, 6.07) is 0. The van der Waals surface area contributed by atoms with Crippen LogP contribution in [0.25, 0.3) is 0 Å². The predicted octanol–water partition coefficient (Wildman–Crippen LogP) is 1.29. The Hall–Kier alpha value is -1.59. The van der Waals surface area contributed by atoms with Gasteiger partial charge in [-0.15, -0.1) is 0 Å². The topological polar surface area (TPSA) is 47.4 Å². The van der Waals surface area contributed by atoms with E-state index in [1.54, 1.807) is 4.90 Å². The number of amides is 1. The Morgan fingerprint density at radius 3 is 3.06 bits per heavy atom. The van der Waals surface area contributed by atoms with Crippen LogP contribution in [0.1, 0.15) is 30.3 Å². The number of hydrogen-bond acceptors (Lipinski definition) is 3. The highest BCUT2D eigenvalue weighted by molar-refractivity contribution is 5.93. The lowest BCUT2D eigenvalue weighted by Crippen LogP contribution is -2.39. The number of ether oxygens (including phenoxy) is 1. The Morgan fingerprint density at radius 2 is 2.33 bits per heavy atom. The summed E-state index contributed by atoms with van der Waals surface area (Å²) in [7, 11) is 0. The number of aromatic nitrogens is 2. The van der Waals surface area contributed by atoms with E-state index in [9.17, 15) is 9.18 Å². The van der Waals surface area contributed by atoms with Crippen LogP contribution in [0.4, 0.5) is 4.39 Å². The first-order chi connectivity index (χ1) is 8.66. The highest BCUT2D eigenvalue weighted by Crippen LogP contribution is 2.26. The number of piperidine rings is 1. The molecule has 3 rings (SSSR count). The Bertz CT molecular complexity index is 486. The summed E-state index contributed by atoms with van der Waals surface area (Å²) in [5.41, 5.74) is -0.0983. The molecule has 5 nitrogen and oxygen atoms in total. The number of nitrogens with zero attached hydrogens (tertiary/aromatic N) is 3. The van der Waals surface area contributed by atoms with Crippen LogP contribution in [-0.4, -0.2) is 40.3 Å². The molecule has 1 atom stereocenters. The molecule has 1 aromatic heterocycles. The second kappa shape index (κ2) is 4.26. The summed E-state index contributed by atoms with van der Waals surface area (Å²) in [4.78, 5) is 13.9. The third kappa shape index (κ3) is 1.76. The molecule has 2 aliphatic rings. The summed E-state index contributed by atoms with van der Waals surface area (Å²) in [5.74, 6) is -0.361. The molecular formula is C12H16FN3O2. The van der Waals surface area contributed by atoms with Gasteiger partial charge in [0.1, 0.15) is 6.61 Å². The van der Waals surface area contributed by atoms with Crippen molar-refractivity contribution < 1.29 is 13.9 Å². The van der Waals surface area contributed by atoms with Crippen molar-refractivity contribution in [1.29, 1.82) is 0 Å². The Morgan fingerprint density at radius 1 is 1.50 bits per heavy atom. The Labute approximate surface area is 105 Å². The normalized spacial score (nSPS) is 22.8. The van der Waals surface area contributed by atoms with Crippen LogP contribution in [0.3, 0.4) is 0 Å². The van der Waals surface area contributed by atoms with E-state index in [2.05, 4.69) is 12.0 Å². The molecule has 0 aromatic carbocycles. The van der Waals surface area contributed by atoms with Crippen LogP contribution < -0.4 is 4.74 Å². The summed E-state index contributed by atoms with van der Waals surface area (Å²) in [5, 5.41) is 4.02. The first-order valence-electron chi connectivity index (χ1n) is 6.35. The summed E-state index contributed by atoms with van der Waals surface area (Å²) >= 11 is 0. The average molecular weight is 253 g/mol. The van der Waals surface area contributed by atoms with E-state index in [-0.39, 0.29) is 17.5 Å². The minimum Gasteiger partial charge on any atom is -0.474 e. The van der Waals surface area contributed by atoms with E-state index in [4.69, 9.17) is 4.74 Å². The van der Waals surface area contributed by atoms with Gasteiger partial charge in [-0.3, -0.25) is 4.79 Å². The number of carbonyl (C=O) groups is 1. The van der Waals surface area contributed by atoms with Gasteiger partial charge in [0, 0.05) is 13.1 Å². The Kier molecular flexibility index (Phi) is 2.72. The predicted molar refractivity (Wildman–Crippen MR) is 62.0 cm³/mol. The Balaban J connectivity index is 1.84. The highest BCUT2D eigenvalue weighted by Gasteiger charge is 2.31. The first-order valence-corrected chi connectivity index (χ1v) is 6.35. The second-order valence-electron chi connectivity index (χ2n) is 5.04. The van der Waals surface area contributed by atoms with Gasteiger partial charge in [0.2, 0.25) is 11.7 Å². The molecule has 0 N–H and O–H groups in total. The molecule has 1 amide bonds. The molecule has 98 valence electrons. The molecule has 0 saturated carbocycles. The number of carbonyl (C=O) groups excluding carboxylic acids is 1. The number of fused-ring (bicyclic) bond motifs is 1. The third-order valence-electron chi connectivity index (χ3n) is 3.54. The third-order valence-corrected chi connectivity index (χ3v) is 3.54. The van der Waals surface area contributed by atoms with E-state index >= 15 is 0 Å². The number of rotatable bonds is 1. The molecule has 18 heavy (non-hydrogen) atoms. The largest absolute Gasteiger partial charge is 0.474 e. The molecule has 0 bridgehead atoms. The van der Waals surface area contributed by atoms with Crippen LogP contribution >= 0.6 is 0 Å². The van der Waals surface area contributed by atoms with Crippen molar-refractivity contribution in [3.05, 3.63) is 11.5 Å². The van der Waals surface area contributed by atoms with Gasteiger partial charge < -0.3 is 9.64 Å². The molecule has 3 heterocycles. The fourth-order valence-electron chi connectivity index (χ4n) is 2.60. The van der Waals surface area contributed by atoms with Crippen molar-refractivity contribution in [1.82, 2.24) is 14.7 Å². The molecule has 1 unspecified atom stereocenters. The summed E-state index contributed by atoms with van der Waals surface area (Å²) in [6.45, 7) is 4.41. The maximum atomic E-state index is 14.0. The fraction of sp³-hybridized carbons (Fsp3) is 0.667. The molecule has 6 heteroatoms. The van der Waals surface area contributed by atoms with Gasteiger partial charge in [-0.25, -0.2) is 4.68 Å². The zero-order valence-corrected chi connectivity index (χ0v) is 10.4. The number of halogens is 1. The molecule has 1 aromatic rings. The van der Waals surface area contributed by atoms with E-state index in [0.29, 0.717) is 32.2 Å². The van der Waals surface area contributed by atoms with Gasteiger partial charge in [-0.2, -0.15) is 9.49 Å². The smallest absolute Gasteiger partial charge is 0.277 e. The lowest BCUT2D eigenvalue weighted by Gasteiger charge is -2.30. The van der Waals surface area contributed by atoms with Crippen LogP contribution in [-0.2, 0) is 6.54 Å². The van der Waals surface area contributed by atoms with E-state index in [1.165, 1.54) is 4.68 Å². The van der Waals surface area contributed by atoms with Crippen molar-refractivity contribution >= 4 is 5.91 Å². The van der Waals surface area contributed by atoms with Gasteiger partial charge in [0.05, 0.1) is 6.54 Å². The van der Waals surface area contributed by atoms with Crippen LogP contribution in [0.2, 0.25) is 0 Å². The van der Waals surface area contributed by atoms with Crippen LogP contribution in [0.15, 0.2) is 0 Å². The van der Waals surface area contributed by atoms with Crippen molar-refractivity contribution in [2.24, 2.45) is 5.92 Å². The van der Waals surface area contributed by atoms with Crippen molar-refractivity contribution in [3.8, 4) is 5.88 Å². The number of hydrogen-bond donors (Lipinski definition) is 0. The molecular weight excluding hydrogens is 237 g/mol. The van der Waals surface area contributed by atoms with Crippen molar-refractivity contribution in [2.45, 2.75) is 26.3 Å².